The molecule has 0 fully saturated rings. The second-order valence-corrected chi connectivity index (χ2v) is 3.38. The molecular weight excluding hydrogens is 180 g/mol. The van der Waals surface area contributed by atoms with Gasteiger partial charge in [0.15, 0.2) is 0 Å². The Morgan fingerprint density at radius 3 is 2.86 bits per heavy atom. The summed E-state index contributed by atoms with van der Waals surface area (Å²) < 4.78 is 1.67. The third kappa shape index (κ3) is 2.11. The Balaban J connectivity index is 2.75. The molecule has 0 spiro atoms. The van der Waals surface area contributed by atoms with Crippen LogP contribution in [-0.4, -0.2) is 28.3 Å². The Hall–Kier alpha value is -1.36. The van der Waals surface area contributed by atoms with Crippen molar-refractivity contribution in [2.45, 2.75) is 19.9 Å². The van der Waals surface area contributed by atoms with E-state index in [4.69, 9.17) is 5.73 Å². The van der Waals surface area contributed by atoms with Gasteiger partial charge in [0.05, 0.1) is 11.8 Å². The van der Waals surface area contributed by atoms with Gasteiger partial charge in [-0.1, -0.05) is 0 Å². The normalized spacial score (nSPS) is 12.6. The zero-order valence-electron chi connectivity index (χ0n) is 8.74. The van der Waals surface area contributed by atoms with Crippen LogP contribution in [0.3, 0.4) is 0 Å². The highest BCUT2D eigenvalue weighted by Crippen LogP contribution is 2.05. The summed E-state index contributed by atoms with van der Waals surface area (Å²) in [5.74, 6) is -0.117. The number of hydrogen-bond acceptors (Lipinski definition) is 3. The molecule has 5 heteroatoms. The van der Waals surface area contributed by atoms with Gasteiger partial charge >= 0.3 is 0 Å². The third-order valence-electron chi connectivity index (χ3n) is 2.21. The van der Waals surface area contributed by atoms with Gasteiger partial charge in [0, 0.05) is 25.3 Å². The van der Waals surface area contributed by atoms with E-state index in [0.717, 1.165) is 5.69 Å². The van der Waals surface area contributed by atoms with Crippen molar-refractivity contribution in [2.75, 3.05) is 6.54 Å². The van der Waals surface area contributed by atoms with Crippen LogP contribution in [0.4, 0.5) is 0 Å². The molecular formula is C9H16N4O. The number of aromatic nitrogens is 2. The van der Waals surface area contributed by atoms with Crippen LogP contribution in [0, 0.1) is 6.92 Å². The first-order chi connectivity index (χ1) is 6.56. The van der Waals surface area contributed by atoms with Crippen molar-refractivity contribution in [3.8, 4) is 0 Å². The zero-order chi connectivity index (χ0) is 10.7. The standard InChI is InChI=1S/C9H16N4O/c1-6(4-10)12-9(14)8-5-11-13(3)7(8)2/h5-6H,4,10H2,1-3H3,(H,12,14)/t6-/m1/s1. The SMILES string of the molecule is Cc1c(C(=O)N[C@H](C)CN)cnn1C. The van der Waals surface area contributed by atoms with Crippen molar-refractivity contribution in [1.82, 2.24) is 15.1 Å². The van der Waals surface area contributed by atoms with E-state index in [2.05, 4.69) is 10.4 Å². The van der Waals surface area contributed by atoms with E-state index in [9.17, 15) is 4.79 Å². The molecule has 3 N–H and O–H groups in total. The van der Waals surface area contributed by atoms with E-state index in [0.29, 0.717) is 12.1 Å². The van der Waals surface area contributed by atoms with Crippen molar-refractivity contribution in [1.29, 1.82) is 0 Å². The quantitative estimate of drug-likeness (QED) is 0.703. The maximum absolute atomic E-state index is 11.6. The number of carbonyl (C=O) groups is 1. The maximum Gasteiger partial charge on any atom is 0.254 e. The summed E-state index contributed by atoms with van der Waals surface area (Å²) in [6.07, 6.45) is 1.56. The molecule has 0 saturated carbocycles. The van der Waals surface area contributed by atoms with Gasteiger partial charge in [-0.15, -0.1) is 0 Å². The Morgan fingerprint density at radius 2 is 2.43 bits per heavy atom. The van der Waals surface area contributed by atoms with Gasteiger partial charge in [0.25, 0.3) is 5.91 Å². The lowest BCUT2D eigenvalue weighted by atomic mass is 10.2. The van der Waals surface area contributed by atoms with E-state index >= 15 is 0 Å². The molecule has 0 aliphatic carbocycles. The van der Waals surface area contributed by atoms with E-state index < -0.39 is 0 Å². The van der Waals surface area contributed by atoms with Gasteiger partial charge < -0.3 is 11.1 Å². The Kier molecular flexibility index (Phi) is 3.24. The molecule has 1 aromatic heterocycles. The summed E-state index contributed by atoms with van der Waals surface area (Å²) in [5.41, 5.74) is 6.86. The smallest absolute Gasteiger partial charge is 0.254 e. The summed E-state index contributed by atoms with van der Waals surface area (Å²) >= 11 is 0. The molecule has 0 saturated heterocycles. The van der Waals surface area contributed by atoms with E-state index in [1.807, 2.05) is 13.8 Å². The molecule has 1 rings (SSSR count). The van der Waals surface area contributed by atoms with Crippen LogP contribution in [0.2, 0.25) is 0 Å². The van der Waals surface area contributed by atoms with Crippen molar-refractivity contribution < 1.29 is 4.79 Å². The summed E-state index contributed by atoms with van der Waals surface area (Å²) in [6, 6.07) is -0.0119. The van der Waals surface area contributed by atoms with Crippen molar-refractivity contribution in [3.05, 3.63) is 17.5 Å². The predicted octanol–water partition coefficient (Wildman–Crippen LogP) is -0.194. The molecule has 14 heavy (non-hydrogen) atoms. The highest BCUT2D eigenvalue weighted by atomic mass is 16.1. The largest absolute Gasteiger partial charge is 0.348 e. The molecule has 0 aromatic carbocycles. The average molecular weight is 196 g/mol. The lowest BCUT2D eigenvalue weighted by Crippen LogP contribution is -2.37. The van der Waals surface area contributed by atoms with Gasteiger partial charge in [0.1, 0.15) is 0 Å². The summed E-state index contributed by atoms with van der Waals surface area (Å²) in [4.78, 5) is 11.6. The summed E-state index contributed by atoms with van der Waals surface area (Å²) in [5, 5.41) is 6.78. The topological polar surface area (TPSA) is 72.9 Å². The fraction of sp³-hybridized carbons (Fsp3) is 0.556. The van der Waals surface area contributed by atoms with Crippen LogP contribution in [0.1, 0.15) is 23.0 Å². The van der Waals surface area contributed by atoms with Gasteiger partial charge in [-0.2, -0.15) is 5.10 Å². The zero-order valence-corrected chi connectivity index (χ0v) is 8.74. The first-order valence-corrected chi connectivity index (χ1v) is 4.55. The molecule has 0 unspecified atom stereocenters. The molecule has 5 nitrogen and oxygen atoms in total. The average Bonchev–Trinajstić information content (AvgIpc) is 2.47. The number of aryl methyl sites for hydroxylation is 1. The predicted molar refractivity (Wildman–Crippen MR) is 53.9 cm³/mol. The Bertz CT molecular complexity index is 332. The minimum absolute atomic E-state index is 0.0119. The van der Waals surface area contributed by atoms with Crippen LogP contribution in [-0.2, 0) is 7.05 Å². The maximum atomic E-state index is 11.6. The van der Waals surface area contributed by atoms with Gasteiger partial charge in [-0.05, 0) is 13.8 Å². The molecule has 1 aromatic rings. The number of hydrogen-bond donors (Lipinski definition) is 2. The van der Waals surface area contributed by atoms with Gasteiger partial charge in [-0.3, -0.25) is 9.48 Å². The number of nitrogens with one attached hydrogen (secondary N) is 1. The number of amides is 1. The summed E-state index contributed by atoms with van der Waals surface area (Å²) in [7, 11) is 1.80. The van der Waals surface area contributed by atoms with Crippen LogP contribution in [0.5, 0.6) is 0 Å². The first kappa shape index (κ1) is 10.7. The van der Waals surface area contributed by atoms with Crippen molar-refractivity contribution in [2.24, 2.45) is 12.8 Å². The highest BCUT2D eigenvalue weighted by Gasteiger charge is 2.13. The number of nitrogens with two attached hydrogens (primary N) is 1. The van der Waals surface area contributed by atoms with Crippen molar-refractivity contribution >= 4 is 5.91 Å². The molecule has 0 aliphatic rings. The highest BCUT2D eigenvalue weighted by molar-refractivity contribution is 5.95. The fourth-order valence-corrected chi connectivity index (χ4v) is 1.08. The molecule has 1 atom stereocenters. The Labute approximate surface area is 83.3 Å². The molecule has 1 amide bonds. The molecule has 0 bridgehead atoms. The third-order valence-corrected chi connectivity index (χ3v) is 2.21. The molecule has 0 radical (unpaired) electrons. The molecule has 1 heterocycles. The van der Waals surface area contributed by atoms with Gasteiger partial charge in [-0.25, -0.2) is 0 Å². The molecule has 0 aliphatic heterocycles. The van der Waals surface area contributed by atoms with Crippen LogP contribution >= 0.6 is 0 Å². The Morgan fingerprint density at radius 1 is 1.79 bits per heavy atom. The number of nitrogens with zero attached hydrogens (tertiary/aromatic N) is 2. The van der Waals surface area contributed by atoms with Crippen LogP contribution < -0.4 is 11.1 Å². The minimum atomic E-state index is -0.117. The second-order valence-electron chi connectivity index (χ2n) is 3.38. The van der Waals surface area contributed by atoms with E-state index in [-0.39, 0.29) is 11.9 Å². The lowest BCUT2D eigenvalue weighted by molar-refractivity contribution is 0.0940. The first-order valence-electron chi connectivity index (χ1n) is 4.55. The van der Waals surface area contributed by atoms with Crippen LogP contribution in [0.25, 0.3) is 0 Å². The van der Waals surface area contributed by atoms with Crippen molar-refractivity contribution in [3.63, 3.8) is 0 Å². The van der Waals surface area contributed by atoms with Crippen LogP contribution in [0.15, 0.2) is 6.20 Å². The monoisotopic (exact) mass is 196 g/mol. The lowest BCUT2D eigenvalue weighted by Gasteiger charge is -2.10. The van der Waals surface area contributed by atoms with E-state index in [1.165, 1.54) is 0 Å². The fourth-order valence-electron chi connectivity index (χ4n) is 1.08. The number of carbonyl (C=O) groups excluding carboxylic acids is 1. The number of rotatable bonds is 3. The van der Waals surface area contributed by atoms with E-state index in [1.54, 1.807) is 17.9 Å². The summed E-state index contributed by atoms with van der Waals surface area (Å²) in [6.45, 7) is 4.16. The van der Waals surface area contributed by atoms with Gasteiger partial charge in [0.2, 0.25) is 0 Å². The molecule has 78 valence electrons. The minimum Gasteiger partial charge on any atom is -0.348 e. The second kappa shape index (κ2) is 4.23.